The summed E-state index contributed by atoms with van der Waals surface area (Å²) in [7, 11) is -1.42. The predicted molar refractivity (Wildman–Crippen MR) is 104 cm³/mol. The van der Waals surface area contributed by atoms with Crippen molar-refractivity contribution in [2.24, 2.45) is 0 Å². The third-order valence-electron chi connectivity index (χ3n) is 5.00. The lowest BCUT2D eigenvalue weighted by atomic mass is 10.2. The summed E-state index contributed by atoms with van der Waals surface area (Å²) >= 11 is 2.00. The lowest BCUT2D eigenvalue weighted by molar-refractivity contribution is 0.222. The molecule has 2 atom stereocenters. The van der Waals surface area contributed by atoms with Crippen molar-refractivity contribution in [1.82, 2.24) is 14.2 Å². The number of hydrogen-bond acceptors (Lipinski definition) is 6. The third-order valence-corrected chi connectivity index (χ3v) is 8.21. The van der Waals surface area contributed by atoms with Crippen molar-refractivity contribution in [3.63, 3.8) is 0 Å². The van der Waals surface area contributed by atoms with Crippen LogP contribution in [-0.2, 0) is 10.0 Å². The van der Waals surface area contributed by atoms with Crippen LogP contribution in [0.2, 0.25) is 0 Å². The molecule has 2 heterocycles. The van der Waals surface area contributed by atoms with Gasteiger partial charge in [0.2, 0.25) is 10.0 Å². The summed E-state index contributed by atoms with van der Waals surface area (Å²) in [5.74, 6) is 1.89. The zero-order valence-corrected chi connectivity index (χ0v) is 16.7. The fourth-order valence-corrected chi connectivity index (χ4v) is 6.06. The molecule has 140 valence electrons. The second kappa shape index (κ2) is 8.24. The number of nitrogens with zero attached hydrogens (tertiary/aromatic N) is 3. The van der Waals surface area contributed by atoms with Crippen molar-refractivity contribution in [3.8, 4) is 0 Å². The zero-order chi connectivity index (χ0) is 17.9. The summed E-state index contributed by atoms with van der Waals surface area (Å²) < 4.78 is 27.0. The van der Waals surface area contributed by atoms with Crippen LogP contribution < -0.4 is 5.32 Å². The van der Waals surface area contributed by atoms with Crippen LogP contribution in [0.4, 0.5) is 5.82 Å². The van der Waals surface area contributed by atoms with Crippen LogP contribution in [-0.4, -0.2) is 72.9 Å². The average molecular weight is 385 g/mol. The van der Waals surface area contributed by atoms with Gasteiger partial charge in [0.05, 0.1) is 0 Å². The summed E-state index contributed by atoms with van der Waals surface area (Å²) in [5.41, 5.74) is 0. The van der Waals surface area contributed by atoms with E-state index in [0.29, 0.717) is 24.4 Å². The molecule has 1 saturated carbocycles. The van der Waals surface area contributed by atoms with E-state index >= 15 is 0 Å². The third kappa shape index (κ3) is 4.48. The first-order chi connectivity index (χ1) is 12.0. The van der Waals surface area contributed by atoms with Crippen molar-refractivity contribution in [2.75, 3.05) is 44.3 Å². The van der Waals surface area contributed by atoms with Gasteiger partial charge in [-0.15, -0.1) is 0 Å². The van der Waals surface area contributed by atoms with Gasteiger partial charge >= 0.3 is 0 Å². The van der Waals surface area contributed by atoms with Gasteiger partial charge in [0.1, 0.15) is 10.7 Å². The van der Waals surface area contributed by atoms with Gasteiger partial charge in [-0.1, -0.05) is 13.3 Å². The summed E-state index contributed by atoms with van der Waals surface area (Å²) in [6.45, 7) is 4.80. The molecule has 2 aliphatic rings. The molecule has 0 aromatic carbocycles. The normalized spacial score (nSPS) is 26.0. The smallest absolute Gasteiger partial charge is 0.244 e. The highest BCUT2D eigenvalue weighted by Gasteiger charge is 2.29. The van der Waals surface area contributed by atoms with Gasteiger partial charge in [-0.25, -0.2) is 13.4 Å². The number of piperazine rings is 1. The van der Waals surface area contributed by atoms with Crippen LogP contribution in [0.15, 0.2) is 23.2 Å². The minimum Gasteiger partial charge on any atom is -0.366 e. The molecule has 0 amide bonds. The second-order valence-electron chi connectivity index (χ2n) is 6.76. The summed E-state index contributed by atoms with van der Waals surface area (Å²) in [5, 5.41) is 4.12. The Morgan fingerprint density at radius 2 is 2.00 bits per heavy atom. The highest BCUT2D eigenvalue weighted by Crippen LogP contribution is 2.31. The van der Waals surface area contributed by atoms with E-state index in [1.807, 2.05) is 18.8 Å². The number of sulfonamides is 1. The van der Waals surface area contributed by atoms with Crippen LogP contribution >= 0.6 is 11.8 Å². The van der Waals surface area contributed by atoms with Crippen molar-refractivity contribution < 1.29 is 8.42 Å². The lowest BCUT2D eigenvalue weighted by Crippen LogP contribution is -2.47. The number of nitrogens with one attached hydrogen (secondary N) is 1. The standard InChI is InChI=1S/C17H28N4O2S2/c1-3-24-16-6-4-5-15(16)19-17-8-7-14(13-18-17)25(22,23)21-11-9-20(2)10-12-21/h7-8,13,15-16H,3-6,9-12H2,1-2H3,(H,18,19). The van der Waals surface area contributed by atoms with Gasteiger partial charge in [-0.3, -0.25) is 0 Å². The number of hydrogen-bond donors (Lipinski definition) is 1. The molecule has 0 spiro atoms. The second-order valence-corrected chi connectivity index (χ2v) is 10.2. The largest absolute Gasteiger partial charge is 0.366 e. The van der Waals surface area contributed by atoms with Gasteiger partial charge in [0.15, 0.2) is 0 Å². The molecule has 1 saturated heterocycles. The number of anilines is 1. The van der Waals surface area contributed by atoms with E-state index in [1.165, 1.54) is 19.0 Å². The Morgan fingerprint density at radius 1 is 1.24 bits per heavy atom. The fraction of sp³-hybridized carbons (Fsp3) is 0.706. The molecule has 8 heteroatoms. The Kier molecular flexibility index (Phi) is 6.25. The molecule has 1 aliphatic heterocycles. The quantitative estimate of drug-likeness (QED) is 0.810. The maximum atomic E-state index is 12.7. The van der Waals surface area contributed by atoms with Crippen LogP contribution in [0.1, 0.15) is 26.2 Å². The predicted octanol–water partition coefficient (Wildman–Crippen LogP) is 2.10. The lowest BCUT2D eigenvalue weighted by Gasteiger charge is -2.31. The Bertz CT molecular complexity index is 658. The molecule has 1 N–H and O–H groups in total. The number of rotatable bonds is 6. The van der Waals surface area contributed by atoms with Gasteiger partial charge in [-0.2, -0.15) is 16.1 Å². The Morgan fingerprint density at radius 3 is 2.64 bits per heavy atom. The van der Waals surface area contributed by atoms with E-state index in [9.17, 15) is 8.42 Å². The van der Waals surface area contributed by atoms with Gasteiger partial charge < -0.3 is 10.2 Å². The van der Waals surface area contributed by atoms with Crippen molar-refractivity contribution in [1.29, 1.82) is 0 Å². The van der Waals surface area contributed by atoms with E-state index < -0.39 is 10.0 Å². The molecule has 1 aromatic rings. The van der Waals surface area contributed by atoms with Crippen molar-refractivity contribution in [3.05, 3.63) is 18.3 Å². The van der Waals surface area contributed by atoms with Gasteiger partial charge in [0, 0.05) is 43.7 Å². The number of thioether (sulfide) groups is 1. The minimum absolute atomic E-state index is 0.286. The number of likely N-dealkylation sites (N-methyl/N-ethyl adjacent to an activating group) is 1. The Balaban J connectivity index is 1.65. The molecule has 0 bridgehead atoms. The molecule has 1 aromatic heterocycles. The van der Waals surface area contributed by atoms with E-state index in [-0.39, 0.29) is 4.90 Å². The first-order valence-electron chi connectivity index (χ1n) is 9.03. The van der Waals surface area contributed by atoms with Crippen LogP contribution in [0, 0.1) is 0 Å². The SMILES string of the molecule is CCSC1CCCC1Nc1ccc(S(=O)(=O)N2CCN(C)CC2)cn1. The highest BCUT2D eigenvalue weighted by atomic mass is 32.2. The fourth-order valence-electron chi connectivity index (χ4n) is 3.49. The highest BCUT2D eigenvalue weighted by molar-refractivity contribution is 7.99. The maximum Gasteiger partial charge on any atom is 0.244 e. The molecule has 2 unspecified atom stereocenters. The summed E-state index contributed by atoms with van der Waals surface area (Å²) in [4.78, 5) is 6.80. The first kappa shape index (κ1) is 18.9. The summed E-state index contributed by atoms with van der Waals surface area (Å²) in [6, 6.07) is 3.91. The van der Waals surface area contributed by atoms with Gasteiger partial charge in [0.25, 0.3) is 0 Å². The topological polar surface area (TPSA) is 65.5 Å². The summed E-state index contributed by atoms with van der Waals surface area (Å²) in [6.07, 6.45) is 5.13. The van der Waals surface area contributed by atoms with E-state index in [1.54, 1.807) is 16.4 Å². The Hall–Kier alpha value is -0.830. The molecule has 0 radical (unpaired) electrons. The molecular formula is C17H28N4O2S2. The monoisotopic (exact) mass is 384 g/mol. The van der Waals surface area contributed by atoms with Crippen molar-refractivity contribution >= 4 is 27.6 Å². The van der Waals surface area contributed by atoms with E-state index in [4.69, 9.17) is 0 Å². The number of pyridine rings is 1. The maximum absolute atomic E-state index is 12.7. The molecule has 6 nitrogen and oxygen atoms in total. The molecule has 3 rings (SSSR count). The van der Waals surface area contributed by atoms with Crippen LogP contribution in [0.3, 0.4) is 0 Å². The van der Waals surface area contributed by atoms with Gasteiger partial charge in [-0.05, 0) is 37.8 Å². The number of aromatic nitrogens is 1. The van der Waals surface area contributed by atoms with Crippen LogP contribution in [0.25, 0.3) is 0 Å². The van der Waals surface area contributed by atoms with E-state index in [0.717, 1.165) is 31.1 Å². The average Bonchev–Trinajstić information content (AvgIpc) is 3.03. The molecule has 2 fully saturated rings. The minimum atomic E-state index is -3.44. The molecule has 1 aliphatic carbocycles. The molecule has 25 heavy (non-hydrogen) atoms. The Labute approximate surface area is 155 Å². The van der Waals surface area contributed by atoms with E-state index in [2.05, 4.69) is 22.1 Å². The zero-order valence-electron chi connectivity index (χ0n) is 15.0. The molecular weight excluding hydrogens is 356 g/mol. The first-order valence-corrected chi connectivity index (χ1v) is 11.5. The van der Waals surface area contributed by atoms with Crippen LogP contribution in [0.5, 0.6) is 0 Å². The van der Waals surface area contributed by atoms with Crippen molar-refractivity contribution in [2.45, 2.75) is 42.4 Å².